The lowest BCUT2D eigenvalue weighted by atomic mass is 10.1. The van der Waals surface area contributed by atoms with Crippen LogP contribution >= 0.6 is 35.0 Å². The van der Waals surface area contributed by atoms with Crippen LogP contribution in [0.5, 0.6) is 0 Å². The van der Waals surface area contributed by atoms with E-state index in [1.165, 1.54) is 11.8 Å². The smallest absolute Gasteiger partial charge is 0.335 e. The molecule has 26 heavy (non-hydrogen) atoms. The predicted octanol–water partition coefficient (Wildman–Crippen LogP) is 5.26. The Morgan fingerprint density at radius 3 is 2.50 bits per heavy atom. The molecule has 0 radical (unpaired) electrons. The Kier molecular flexibility index (Phi) is 5.86. The molecule has 3 aromatic rings. The van der Waals surface area contributed by atoms with Crippen LogP contribution < -0.4 is 0 Å². The summed E-state index contributed by atoms with van der Waals surface area (Å²) < 4.78 is 1.99. The first-order valence-corrected chi connectivity index (χ1v) is 9.57. The van der Waals surface area contributed by atoms with Gasteiger partial charge in [0.05, 0.1) is 10.6 Å². The number of carboxylic acids is 1. The first-order chi connectivity index (χ1) is 12.5. The number of carbonyl (C=O) groups is 1. The Morgan fingerprint density at radius 1 is 1.15 bits per heavy atom. The maximum atomic E-state index is 10.9. The third kappa shape index (κ3) is 4.03. The van der Waals surface area contributed by atoms with Crippen molar-refractivity contribution >= 4 is 40.9 Å². The second-order valence-electron chi connectivity index (χ2n) is 5.47. The van der Waals surface area contributed by atoms with Crippen LogP contribution in [0.4, 0.5) is 0 Å². The summed E-state index contributed by atoms with van der Waals surface area (Å²) in [6, 6.07) is 12.1. The van der Waals surface area contributed by atoms with E-state index in [-0.39, 0.29) is 5.56 Å². The van der Waals surface area contributed by atoms with Gasteiger partial charge in [0, 0.05) is 22.9 Å². The van der Waals surface area contributed by atoms with Gasteiger partial charge in [-0.25, -0.2) is 4.79 Å². The summed E-state index contributed by atoms with van der Waals surface area (Å²) in [7, 11) is 0. The number of rotatable bonds is 6. The van der Waals surface area contributed by atoms with Crippen LogP contribution in [0.2, 0.25) is 10.0 Å². The Balaban J connectivity index is 1.81. The van der Waals surface area contributed by atoms with Gasteiger partial charge in [-0.15, -0.1) is 10.2 Å². The SMILES string of the molecule is CCn1c(SCc2ccc(C(=O)O)cc2)nnc1-c1ccc(Cl)cc1Cl. The minimum absolute atomic E-state index is 0.273. The third-order valence-corrected chi connectivity index (χ3v) is 5.36. The molecule has 134 valence electrons. The number of hydrogen-bond acceptors (Lipinski definition) is 4. The van der Waals surface area contributed by atoms with Gasteiger partial charge in [0.1, 0.15) is 0 Å². The molecule has 0 amide bonds. The molecule has 0 saturated carbocycles. The highest BCUT2D eigenvalue weighted by Gasteiger charge is 2.16. The molecule has 2 aromatic carbocycles. The van der Waals surface area contributed by atoms with Gasteiger partial charge in [-0.05, 0) is 42.8 Å². The molecule has 0 fully saturated rings. The Morgan fingerprint density at radius 2 is 1.88 bits per heavy atom. The fraction of sp³-hybridized carbons (Fsp3) is 0.167. The number of thioether (sulfide) groups is 1. The highest BCUT2D eigenvalue weighted by atomic mass is 35.5. The van der Waals surface area contributed by atoms with Crippen molar-refractivity contribution in [2.75, 3.05) is 0 Å². The standard InChI is InChI=1S/C18H15Cl2N3O2S/c1-2-23-16(14-8-7-13(19)9-15(14)20)21-22-18(23)26-10-11-3-5-12(6-4-11)17(24)25/h3-9H,2,10H2,1H3,(H,24,25). The predicted molar refractivity (Wildman–Crippen MR) is 104 cm³/mol. The second-order valence-corrected chi connectivity index (χ2v) is 7.25. The molecule has 0 unspecified atom stereocenters. The van der Waals surface area contributed by atoms with Crippen LogP contribution in [-0.2, 0) is 12.3 Å². The van der Waals surface area contributed by atoms with Crippen molar-refractivity contribution in [2.24, 2.45) is 0 Å². The van der Waals surface area contributed by atoms with E-state index >= 15 is 0 Å². The van der Waals surface area contributed by atoms with E-state index in [9.17, 15) is 4.79 Å². The minimum Gasteiger partial charge on any atom is -0.478 e. The summed E-state index contributed by atoms with van der Waals surface area (Å²) in [5.41, 5.74) is 2.06. The van der Waals surface area contributed by atoms with Crippen LogP contribution in [0.3, 0.4) is 0 Å². The van der Waals surface area contributed by atoms with Crippen molar-refractivity contribution in [3.63, 3.8) is 0 Å². The van der Waals surface area contributed by atoms with E-state index in [0.29, 0.717) is 28.2 Å². The monoisotopic (exact) mass is 407 g/mol. The zero-order valence-corrected chi connectivity index (χ0v) is 16.1. The van der Waals surface area contributed by atoms with E-state index in [1.807, 2.05) is 17.6 Å². The zero-order chi connectivity index (χ0) is 18.7. The molecule has 0 saturated heterocycles. The van der Waals surface area contributed by atoms with E-state index in [2.05, 4.69) is 10.2 Å². The second kappa shape index (κ2) is 8.12. The fourth-order valence-electron chi connectivity index (χ4n) is 2.44. The molecule has 8 heteroatoms. The number of nitrogens with zero attached hydrogens (tertiary/aromatic N) is 3. The molecular weight excluding hydrogens is 393 g/mol. The van der Waals surface area contributed by atoms with Gasteiger partial charge in [-0.1, -0.05) is 47.1 Å². The number of carboxylic acid groups (broad SMARTS) is 1. The lowest BCUT2D eigenvalue weighted by Crippen LogP contribution is -2.00. The summed E-state index contributed by atoms with van der Waals surface area (Å²) in [4.78, 5) is 10.9. The minimum atomic E-state index is -0.931. The molecule has 3 rings (SSSR count). The summed E-state index contributed by atoms with van der Waals surface area (Å²) in [5, 5.41) is 19.4. The van der Waals surface area contributed by atoms with Gasteiger partial charge < -0.3 is 9.67 Å². The van der Waals surface area contributed by atoms with Gasteiger partial charge >= 0.3 is 5.97 Å². The quantitative estimate of drug-likeness (QED) is 0.564. The topological polar surface area (TPSA) is 68.0 Å². The number of aromatic nitrogens is 3. The van der Waals surface area contributed by atoms with Crippen molar-refractivity contribution in [3.05, 3.63) is 63.6 Å². The van der Waals surface area contributed by atoms with Crippen LogP contribution in [0.15, 0.2) is 47.6 Å². The Bertz CT molecular complexity index is 942. The molecule has 1 N–H and O–H groups in total. The summed E-state index contributed by atoms with van der Waals surface area (Å²) >= 11 is 13.8. The summed E-state index contributed by atoms with van der Waals surface area (Å²) in [6.07, 6.45) is 0. The molecule has 1 heterocycles. The third-order valence-electron chi connectivity index (χ3n) is 3.77. The van der Waals surface area contributed by atoms with E-state index in [4.69, 9.17) is 28.3 Å². The highest BCUT2D eigenvalue weighted by molar-refractivity contribution is 7.98. The average molecular weight is 408 g/mol. The van der Waals surface area contributed by atoms with Crippen molar-refractivity contribution < 1.29 is 9.90 Å². The van der Waals surface area contributed by atoms with Crippen molar-refractivity contribution in [2.45, 2.75) is 24.4 Å². The molecule has 0 spiro atoms. The van der Waals surface area contributed by atoms with Gasteiger partial charge in [-0.3, -0.25) is 0 Å². The molecular formula is C18H15Cl2N3O2S. The fourth-order valence-corrected chi connectivity index (χ4v) is 3.89. The van der Waals surface area contributed by atoms with E-state index in [1.54, 1.807) is 36.4 Å². The molecule has 0 aliphatic carbocycles. The average Bonchev–Trinajstić information content (AvgIpc) is 3.03. The van der Waals surface area contributed by atoms with Gasteiger partial charge in [-0.2, -0.15) is 0 Å². The highest BCUT2D eigenvalue weighted by Crippen LogP contribution is 2.32. The maximum Gasteiger partial charge on any atom is 0.335 e. The summed E-state index contributed by atoms with van der Waals surface area (Å²) in [6.45, 7) is 2.71. The largest absolute Gasteiger partial charge is 0.478 e. The number of halogens is 2. The zero-order valence-electron chi connectivity index (χ0n) is 13.8. The van der Waals surface area contributed by atoms with Gasteiger partial charge in [0.2, 0.25) is 0 Å². The van der Waals surface area contributed by atoms with Crippen LogP contribution in [0.1, 0.15) is 22.8 Å². The van der Waals surface area contributed by atoms with Crippen LogP contribution in [0, 0.1) is 0 Å². The number of hydrogen-bond donors (Lipinski definition) is 1. The van der Waals surface area contributed by atoms with E-state index in [0.717, 1.165) is 16.3 Å². The molecule has 0 aliphatic heterocycles. The molecule has 0 aliphatic rings. The normalized spacial score (nSPS) is 10.9. The summed E-state index contributed by atoms with van der Waals surface area (Å²) in [5.74, 6) is 0.421. The molecule has 0 atom stereocenters. The molecule has 5 nitrogen and oxygen atoms in total. The number of benzene rings is 2. The van der Waals surface area contributed by atoms with Gasteiger partial charge in [0.15, 0.2) is 11.0 Å². The molecule has 1 aromatic heterocycles. The van der Waals surface area contributed by atoms with Gasteiger partial charge in [0.25, 0.3) is 0 Å². The lowest BCUT2D eigenvalue weighted by Gasteiger charge is -2.09. The number of aromatic carboxylic acids is 1. The van der Waals surface area contributed by atoms with Crippen molar-refractivity contribution in [3.8, 4) is 11.4 Å². The lowest BCUT2D eigenvalue weighted by molar-refractivity contribution is 0.0697. The Labute approximate surface area is 165 Å². The first kappa shape index (κ1) is 18.8. The van der Waals surface area contributed by atoms with Crippen molar-refractivity contribution in [1.29, 1.82) is 0 Å². The van der Waals surface area contributed by atoms with Crippen molar-refractivity contribution in [1.82, 2.24) is 14.8 Å². The Hall–Kier alpha value is -2.02. The van der Waals surface area contributed by atoms with Crippen LogP contribution in [0.25, 0.3) is 11.4 Å². The first-order valence-electron chi connectivity index (χ1n) is 7.83. The maximum absolute atomic E-state index is 10.9. The molecule has 0 bridgehead atoms. The van der Waals surface area contributed by atoms with E-state index < -0.39 is 5.97 Å². The van der Waals surface area contributed by atoms with Crippen LogP contribution in [-0.4, -0.2) is 25.8 Å².